The molecule has 35 heavy (non-hydrogen) atoms. The van der Waals surface area contributed by atoms with Gasteiger partial charge in [0.1, 0.15) is 12.4 Å². The Morgan fingerprint density at radius 3 is 2.51 bits per heavy atom. The van der Waals surface area contributed by atoms with Gasteiger partial charge in [-0.25, -0.2) is 0 Å². The molecule has 1 fully saturated rings. The summed E-state index contributed by atoms with van der Waals surface area (Å²) >= 11 is 6.11. The van der Waals surface area contributed by atoms with Gasteiger partial charge in [-0.2, -0.15) is 0 Å². The molecule has 0 N–H and O–H groups in total. The van der Waals surface area contributed by atoms with E-state index in [1.807, 2.05) is 53.2 Å². The molecule has 2 aliphatic heterocycles. The molecule has 2 aromatic rings. The van der Waals surface area contributed by atoms with Gasteiger partial charge in [0.05, 0.1) is 12.1 Å². The van der Waals surface area contributed by atoms with Crippen LogP contribution in [0.4, 0.5) is 0 Å². The van der Waals surface area contributed by atoms with Gasteiger partial charge >= 0.3 is 0 Å². The van der Waals surface area contributed by atoms with E-state index in [0.29, 0.717) is 31.0 Å². The molecule has 0 saturated carbocycles. The number of benzene rings is 2. The van der Waals surface area contributed by atoms with Crippen molar-refractivity contribution in [1.29, 1.82) is 0 Å². The van der Waals surface area contributed by atoms with Crippen LogP contribution in [0.3, 0.4) is 0 Å². The zero-order valence-corrected chi connectivity index (χ0v) is 21.6. The lowest BCUT2D eigenvalue weighted by Gasteiger charge is -2.42. The number of halogens is 1. The van der Waals surface area contributed by atoms with Gasteiger partial charge in [0.2, 0.25) is 5.91 Å². The third-order valence-electron chi connectivity index (χ3n) is 7.41. The molecular formula is C28H36ClN3O3. The molecule has 2 aromatic carbocycles. The highest BCUT2D eigenvalue weighted by atomic mass is 35.5. The summed E-state index contributed by atoms with van der Waals surface area (Å²) < 4.78 is 6.00. The van der Waals surface area contributed by atoms with Crippen LogP contribution in [0.5, 0.6) is 5.75 Å². The van der Waals surface area contributed by atoms with Crippen LogP contribution in [-0.4, -0.2) is 71.9 Å². The Bertz CT molecular complexity index is 1030. The monoisotopic (exact) mass is 497 g/mol. The van der Waals surface area contributed by atoms with Crippen molar-refractivity contribution >= 4 is 23.4 Å². The summed E-state index contributed by atoms with van der Waals surface area (Å²) in [6.07, 6.45) is 5.08. The number of fused-ring (bicyclic) bond motifs is 1. The third-order valence-corrected chi connectivity index (χ3v) is 7.66. The van der Waals surface area contributed by atoms with Crippen LogP contribution in [0.15, 0.2) is 48.5 Å². The number of carbonyl (C=O) groups excluding carboxylic acids is 2. The minimum absolute atomic E-state index is 0.0289. The van der Waals surface area contributed by atoms with Crippen molar-refractivity contribution in [2.45, 2.75) is 51.1 Å². The number of likely N-dealkylation sites (N-methyl/N-ethyl adjacent to an activating group) is 1. The highest BCUT2D eigenvalue weighted by Crippen LogP contribution is 2.37. The van der Waals surface area contributed by atoms with Crippen molar-refractivity contribution in [2.24, 2.45) is 0 Å². The number of hydrogen-bond donors (Lipinski definition) is 0. The zero-order chi connectivity index (χ0) is 24.8. The Morgan fingerprint density at radius 1 is 1.00 bits per heavy atom. The van der Waals surface area contributed by atoms with Crippen molar-refractivity contribution in [2.75, 3.05) is 39.8 Å². The van der Waals surface area contributed by atoms with Gasteiger partial charge < -0.3 is 14.5 Å². The van der Waals surface area contributed by atoms with Crippen LogP contribution in [0, 0.1) is 0 Å². The fraction of sp³-hybridized carbons (Fsp3) is 0.500. The van der Waals surface area contributed by atoms with Gasteiger partial charge in [0.15, 0.2) is 0 Å². The van der Waals surface area contributed by atoms with E-state index in [1.165, 1.54) is 5.56 Å². The number of nitrogens with zero attached hydrogens (tertiary/aromatic N) is 3. The fourth-order valence-corrected chi connectivity index (χ4v) is 5.66. The van der Waals surface area contributed by atoms with Crippen LogP contribution < -0.4 is 4.74 Å². The lowest BCUT2D eigenvalue weighted by molar-refractivity contribution is -0.129. The van der Waals surface area contributed by atoms with Crippen LogP contribution in [0.1, 0.15) is 54.9 Å². The second-order valence-electron chi connectivity index (χ2n) is 9.84. The predicted molar refractivity (Wildman–Crippen MR) is 139 cm³/mol. The summed E-state index contributed by atoms with van der Waals surface area (Å²) in [5.74, 6) is 0.604. The Kier molecular flexibility index (Phi) is 8.34. The lowest BCUT2D eigenvalue weighted by Crippen LogP contribution is -2.52. The average molecular weight is 498 g/mol. The van der Waals surface area contributed by atoms with Gasteiger partial charge in [-0.15, -0.1) is 0 Å². The minimum Gasteiger partial charge on any atom is -0.491 e. The first-order valence-corrected chi connectivity index (χ1v) is 13.0. The van der Waals surface area contributed by atoms with Crippen LogP contribution >= 0.6 is 11.6 Å². The number of carbonyl (C=O) groups is 2. The van der Waals surface area contributed by atoms with Gasteiger partial charge in [0.25, 0.3) is 5.91 Å². The molecule has 0 bridgehead atoms. The molecule has 0 aromatic heterocycles. The Morgan fingerprint density at radius 2 is 1.74 bits per heavy atom. The molecule has 0 aliphatic carbocycles. The van der Waals surface area contributed by atoms with Crippen molar-refractivity contribution in [3.05, 3.63) is 64.7 Å². The SMILES string of the molecule is CC(=O)N1CCCC[C@@]2(CCCN2Cc2ccc(Cl)cc2)CN(C)C(=O)c2ccccc2OCC1. The second-order valence-corrected chi connectivity index (χ2v) is 10.3. The molecule has 6 nitrogen and oxygen atoms in total. The van der Waals surface area contributed by atoms with E-state index in [-0.39, 0.29) is 17.4 Å². The molecule has 2 amide bonds. The normalized spacial score (nSPS) is 22.5. The van der Waals surface area contributed by atoms with E-state index in [2.05, 4.69) is 17.0 Å². The quantitative estimate of drug-likeness (QED) is 0.594. The first kappa shape index (κ1) is 25.5. The third kappa shape index (κ3) is 6.17. The number of likely N-dealkylation sites (tertiary alicyclic amines) is 1. The molecule has 0 radical (unpaired) electrons. The molecule has 2 aliphatic rings. The zero-order valence-electron chi connectivity index (χ0n) is 20.8. The second kappa shape index (κ2) is 11.4. The summed E-state index contributed by atoms with van der Waals surface area (Å²) in [7, 11) is 1.91. The van der Waals surface area contributed by atoms with Crippen molar-refractivity contribution in [3.63, 3.8) is 0 Å². The fourth-order valence-electron chi connectivity index (χ4n) is 5.53. The van der Waals surface area contributed by atoms with Crippen molar-refractivity contribution < 1.29 is 14.3 Å². The predicted octanol–water partition coefficient (Wildman–Crippen LogP) is 4.86. The van der Waals surface area contributed by atoms with Crippen LogP contribution in [-0.2, 0) is 11.3 Å². The number of ether oxygens (including phenoxy) is 1. The maximum atomic E-state index is 13.6. The molecule has 7 heteroatoms. The van der Waals surface area contributed by atoms with Gasteiger partial charge in [0, 0.05) is 44.2 Å². The largest absolute Gasteiger partial charge is 0.491 e. The summed E-state index contributed by atoms with van der Waals surface area (Å²) in [6.45, 7) is 5.71. The minimum atomic E-state index is -0.106. The standard InChI is InChI=1S/C28H36ClN3O3/c1-22(33)31-16-6-5-14-28(15-7-17-32(28)20-23-10-12-24(29)13-11-23)21-30(2)27(34)25-8-3-4-9-26(25)35-19-18-31/h3-4,8-13H,5-7,14-21H2,1-2H3/t28-/m1/s1. The molecule has 188 valence electrons. The summed E-state index contributed by atoms with van der Waals surface area (Å²) in [6, 6.07) is 15.5. The molecule has 1 atom stereocenters. The first-order valence-electron chi connectivity index (χ1n) is 12.6. The van der Waals surface area contributed by atoms with Crippen molar-refractivity contribution in [3.8, 4) is 5.75 Å². The molecule has 1 saturated heterocycles. The van der Waals surface area contributed by atoms with Crippen LogP contribution in [0.2, 0.25) is 5.02 Å². The molecule has 1 spiro atoms. The number of amides is 2. The van der Waals surface area contributed by atoms with Gasteiger partial charge in [-0.1, -0.05) is 35.9 Å². The lowest BCUT2D eigenvalue weighted by atomic mass is 9.88. The van der Waals surface area contributed by atoms with E-state index in [0.717, 1.165) is 56.8 Å². The van der Waals surface area contributed by atoms with Crippen molar-refractivity contribution in [1.82, 2.24) is 14.7 Å². The molecule has 4 rings (SSSR count). The molecule has 2 heterocycles. The smallest absolute Gasteiger partial charge is 0.257 e. The topological polar surface area (TPSA) is 53.1 Å². The van der Waals surface area contributed by atoms with E-state index in [1.54, 1.807) is 6.92 Å². The average Bonchev–Trinajstić information content (AvgIpc) is 3.22. The highest BCUT2D eigenvalue weighted by Gasteiger charge is 2.42. The van der Waals surface area contributed by atoms with Gasteiger partial charge in [-0.05, 0) is 68.5 Å². The summed E-state index contributed by atoms with van der Waals surface area (Å²) in [5.41, 5.74) is 1.69. The van der Waals surface area contributed by atoms with E-state index in [4.69, 9.17) is 16.3 Å². The Balaban J connectivity index is 1.62. The Labute approximate surface area is 213 Å². The Hall–Kier alpha value is -2.57. The van der Waals surface area contributed by atoms with E-state index >= 15 is 0 Å². The van der Waals surface area contributed by atoms with Gasteiger partial charge in [-0.3, -0.25) is 14.5 Å². The number of para-hydroxylation sites is 1. The van der Waals surface area contributed by atoms with E-state index < -0.39 is 0 Å². The molecular weight excluding hydrogens is 462 g/mol. The maximum absolute atomic E-state index is 13.6. The van der Waals surface area contributed by atoms with E-state index in [9.17, 15) is 9.59 Å². The molecule has 0 unspecified atom stereocenters. The highest BCUT2D eigenvalue weighted by molar-refractivity contribution is 6.30. The number of rotatable bonds is 2. The maximum Gasteiger partial charge on any atom is 0.257 e. The summed E-state index contributed by atoms with van der Waals surface area (Å²) in [5, 5.41) is 0.740. The van der Waals surface area contributed by atoms with Crippen LogP contribution in [0.25, 0.3) is 0 Å². The summed E-state index contributed by atoms with van der Waals surface area (Å²) in [4.78, 5) is 32.0. The number of hydrogen-bond acceptors (Lipinski definition) is 4. The first-order chi connectivity index (χ1) is 16.9.